The number of rotatable bonds is 3. The molecule has 1 aliphatic rings. The fourth-order valence-electron chi connectivity index (χ4n) is 2.61. The summed E-state index contributed by atoms with van der Waals surface area (Å²) < 4.78 is 26.8. The Kier molecular flexibility index (Phi) is 4.30. The van der Waals surface area contributed by atoms with Crippen molar-refractivity contribution in [1.29, 1.82) is 0 Å². The van der Waals surface area contributed by atoms with Gasteiger partial charge in [0.2, 0.25) is 0 Å². The van der Waals surface area contributed by atoms with Gasteiger partial charge in [-0.15, -0.1) is 0 Å². The van der Waals surface area contributed by atoms with E-state index >= 15 is 0 Å². The second kappa shape index (κ2) is 5.76. The van der Waals surface area contributed by atoms with Crippen molar-refractivity contribution in [1.82, 2.24) is 5.32 Å². The summed E-state index contributed by atoms with van der Waals surface area (Å²) in [5.41, 5.74) is 0.0456. The summed E-state index contributed by atoms with van der Waals surface area (Å²) in [6, 6.07) is 3.74. The zero-order valence-corrected chi connectivity index (χ0v) is 10.5. The van der Waals surface area contributed by atoms with E-state index < -0.39 is 17.7 Å². The number of benzene rings is 1. The molecule has 2 N–H and O–H groups in total. The van der Waals surface area contributed by atoms with E-state index in [1.165, 1.54) is 12.1 Å². The number of hydrogen-bond acceptors (Lipinski definition) is 2. The molecule has 18 heavy (non-hydrogen) atoms. The van der Waals surface area contributed by atoms with Crippen molar-refractivity contribution in [3.05, 3.63) is 35.4 Å². The summed E-state index contributed by atoms with van der Waals surface area (Å²) in [5.74, 6) is -1.30. The van der Waals surface area contributed by atoms with Crippen LogP contribution in [-0.2, 0) is 0 Å². The molecule has 2 rings (SSSR count). The maximum atomic E-state index is 13.6. The Bertz CT molecular complexity index is 411. The minimum atomic E-state index is -0.991. The topological polar surface area (TPSA) is 32.3 Å². The highest BCUT2D eigenvalue weighted by atomic mass is 19.2. The van der Waals surface area contributed by atoms with Crippen LogP contribution in [0.5, 0.6) is 0 Å². The molecule has 0 aliphatic carbocycles. The molecule has 0 saturated carbocycles. The van der Waals surface area contributed by atoms with Crippen molar-refractivity contribution in [3.8, 4) is 0 Å². The highest BCUT2D eigenvalue weighted by molar-refractivity contribution is 5.22. The van der Waals surface area contributed by atoms with Gasteiger partial charge in [-0.2, -0.15) is 0 Å². The second-order valence-corrected chi connectivity index (χ2v) is 4.95. The van der Waals surface area contributed by atoms with Gasteiger partial charge in [0, 0.05) is 11.6 Å². The first kappa shape index (κ1) is 13.4. The van der Waals surface area contributed by atoms with E-state index in [1.807, 2.05) is 0 Å². The quantitative estimate of drug-likeness (QED) is 0.870. The van der Waals surface area contributed by atoms with Crippen LogP contribution in [0.3, 0.4) is 0 Å². The Morgan fingerprint density at radius 3 is 2.94 bits per heavy atom. The van der Waals surface area contributed by atoms with Gasteiger partial charge in [-0.25, -0.2) is 8.78 Å². The van der Waals surface area contributed by atoms with Gasteiger partial charge < -0.3 is 10.4 Å². The molecule has 0 radical (unpaired) electrons. The largest absolute Gasteiger partial charge is 0.387 e. The zero-order valence-electron chi connectivity index (χ0n) is 10.5. The number of piperidine rings is 1. The maximum absolute atomic E-state index is 13.6. The minimum Gasteiger partial charge on any atom is -0.387 e. The third kappa shape index (κ3) is 2.70. The molecule has 3 atom stereocenters. The van der Waals surface area contributed by atoms with Crippen molar-refractivity contribution in [3.63, 3.8) is 0 Å². The van der Waals surface area contributed by atoms with Crippen LogP contribution in [0.25, 0.3) is 0 Å². The summed E-state index contributed by atoms with van der Waals surface area (Å²) in [6.45, 7) is 2.93. The van der Waals surface area contributed by atoms with Crippen LogP contribution >= 0.6 is 0 Å². The van der Waals surface area contributed by atoms with Gasteiger partial charge in [0.25, 0.3) is 0 Å². The number of nitrogens with one attached hydrogen (secondary N) is 1. The van der Waals surface area contributed by atoms with Crippen molar-refractivity contribution in [2.75, 3.05) is 6.54 Å². The normalized spacial score (nSPS) is 26.0. The molecule has 0 spiro atoms. The van der Waals surface area contributed by atoms with Crippen LogP contribution in [0.1, 0.15) is 37.9 Å². The molecule has 1 aromatic rings. The fourth-order valence-corrected chi connectivity index (χ4v) is 2.61. The van der Waals surface area contributed by atoms with E-state index in [4.69, 9.17) is 0 Å². The Labute approximate surface area is 106 Å². The second-order valence-electron chi connectivity index (χ2n) is 4.95. The summed E-state index contributed by atoms with van der Waals surface area (Å²) in [6.07, 6.45) is 1.94. The van der Waals surface area contributed by atoms with Gasteiger partial charge in [-0.05, 0) is 31.4 Å². The smallest absolute Gasteiger partial charge is 0.164 e. The van der Waals surface area contributed by atoms with E-state index in [1.54, 1.807) is 0 Å². The monoisotopic (exact) mass is 255 g/mol. The molecule has 1 saturated heterocycles. The Hall–Kier alpha value is -1.00. The lowest BCUT2D eigenvalue weighted by atomic mass is 9.86. The van der Waals surface area contributed by atoms with Gasteiger partial charge in [-0.3, -0.25) is 0 Å². The molecule has 4 heteroatoms. The van der Waals surface area contributed by atoms with Gasteiger partial charge in [0.05, 0.1) is 6.10 Å². The van der Waals surface area contributed by atoms with Crippen molar-refractivity contribution >= 4 is 0 Å². The zero-order chi connectivity index (χ0) is 13.1. The lowest BCUT2D eigenvalue weighted by Crippen LogP contribution is -2.42. The van der Waals surface area contributed by atoms with Crippen LogP contribution in [-0.4, -0.2) is 17.7 Å². The molecular weight excluding hydrogens is 236 g/mol. The Morgan fingerprint density at radius 2 is 2.22 bits per heavy atom. The number of aliphatic hydroxyl groups excluding tert-OH is 1. The van der Waals surface area contributed by atoms with Crippen LogP contribution in [0, 0.1) is 17.6 Å². The van der Waals surface area contributed by atoms with Crippen LogP contribution < -0.4 is 5.32 Å². The minimum absolute atomic E-state index is 0.0456. The van der Waals surface area contributed by atoms with Gasteiger partial charge in [0.15, 0.2) is 11.6 Å². The van der Waals surface area contributed by atoms with Gasteiger partial charge >= 0.3 is 0 Å². The van der Waals surface area contributed by atoms with Gasteiger partial charge in [-0.1, -0.05) is 25.5 Å². The first-order chi connectivity index (χ1) is 8.63. The van der Waals surface area contributed by atoms with E-state index in [0.29, 0.717) is 5.92 Å². The van der Waals surface area contributed by atoms with Crippen molar-refractivity contribution in [2.45, 2.75) is 38.3 Å². The summed E-state index contributed by atoms with van der Waals surface area (Å²) >= 11 is 0. The molecule has 1 fully saturated rings. The molecule has 1 aliphatic heterocycles. The summed E-state index contributed by atoms with van der Waals surface area (Å²) in [4.78, 5) is 0. The molecule has 1 heterocycles. The third-order valence-electron chi connectivity index (χ3n) is 3.80. The highest BCUT2D eigenvalue weighted by Gasteiger charge is 2.29. The Balaban J connectivity index is 2.15. The average Bonchev–Trinajstić information content (AvgIpc) is 2.41. The number of aliphatic hydroxyl groups is 1. The maximum Gasteiger partial charge on any atom is 0.164 e. The van der Waals surface area contributed by atoms with E-state index in [2.05, 4.69) is 12.2 Å². The van der Waals surface area contributed by atoms with E-state index in [9.17, 15) is 13.9 Å². The molecule has 0 amide bonds. The molecule has 2 nitrogen and oxygen atoms in total. The predicted molar refractivity (Wildman–Crippen MR) is 66.1 cm³/mol. The standard InChI is InChI=1S/C14H19F2NO/c1-2-9-6-7-17-12(8-9)14(18)10-4-3-5-11(15)13(10)16/h3-5,9,12,14,17-18H,2,6-8H2,1H3. The first-order valence-electron chi connectivity index (χ1n) is 6.48. The first-order valence-corrected chi connectivity index (χ1v) is 6.48. The van der Waals surface area contributed by atoms with Crippen LogP contribution in [0.2, 0.25) is 0 Å². The molecule has 0 bridgehead atoms. The molecule has 3 unspecified atom stereocenters. The van der Waals surface area contributed by atoms with E-state index in [-0.39, 0.29) is 11.6 Å². The van der Waals surface area contributed by atoms with Gasteiger partial charge in [0.1, 0.15) is 0 Å². The SMILES string of the molecule is CCC1CCNC(C(O)c2cccc(F)c2F)C1. The lowest BCUT2D eigenvalue weighted by molar-refractivity contribution is 0.0941. The van der Waals surface area contributed by atoms with Crippen LogP contribution in [0.4, 0.5) is 8.78 Å². The highest BCUT2D eigenvalue weighted by Crippen LogP contribution is 2.29. The van der Waals surface area contributed by atoms with E-state index in [0.717, 1.165) is 31.9 Å². The van der Waals surface area contributed by atoms with Crippen LogP contribution in [0.15, 0.2) is 18.2 Å². The fraction of sp³-hybridized carbons (Fsp3) is 0.571. The molecule has 0 aromatic heterocycles. The number of halogens is 2. The average molecular weight is 255 g/mol. The Morgan fingerprint density at radius 1 is 1.44 bits per heavy atom. The number of hydrogen-bond donors (Lipinski definition) is 2. The van der Waals surface area contributed by atoms with Crippen molar-refractivity contribution < 1.29 is 13.9 Å². The lowest BCUT2D eigenvalue weighted by Gasteiger charge is -2.33. The molecular formula is C14H19F2NO. The molecule has 100 valence electrons. The third-order valence-corrected chi connectivity index (χ3v) is 3.80. The predicted octanol–water partition coefficient (Wildman–Crippen LogP) is 2.78. The summed E-state index contributed by atoms with van der Waals surface area (Å²) in [5, 5.41) is 13.4. The van der Waals surface area contributed by atoms with Crippen molar-refractivity contribution in [2.24, 2.45) is 5.92 Å². The summed E-state index contributed by atoms with van der Waals surface area (Å²) in [7, 11) is 0. The molecule has 1 aromatic carbocycles.